The van der Waals surface area contributed by atoms with E-state index in [1.54, 1.807) is 18.2 Å². The summed E-state index contributed by atoms with van der Waals surface area (Å²) in [6, 6.07) is 5.22. The first-order valence-electron chi connectivity index (χ1n) is 9.22. The highest BCUT2D eigenvalue weighted by Crippen LogP contribution is 2.49. The van der Waals surface area contributed by atoms with Crippen molar-refractivity contribution in [1.82, 2.24) is 9.80 Å². The molecule has 0 spiro atoms. The van der Waals surface area contributed by atoms with Gasteiger partial charge in [-0.3, -0.25) is 4.79 Å². The SMILES string of the molecule is O=C(O)N1CC[C@H](N(C(=O)c2cccc(Cl)c2Cl)C(C2CC2)C2CC2)C1. The Kier molecular flexibility index (Phi) is 4.78. The molecule has 1 aromatic carbocycles. The van der Waals surface area contributed by atoms with E-state index in [4.69, 9.17) is 23.2 Å². The smallest absolute Gasteiger partial charge is 0.407 e. The van der Waals surface area contributed by atoms with Gasteiger partial charge in [-0.25, -0.2) is 4.79 Å². The Balaban J connectivity index is 1.67. The first-order valence-corrected chi connectivity index (χ1v) is 9.97. The third-order valence-corrected chi connectivity index (χ3v) is 6.59. The van der Waals surface area contributed by atoms with Crippen molar-refractivity contribution in [1.29, 1.82) is 0 Å². The number of carbonyl (C=O) groups excluding carboxylic acids is 1. The zero-order chi connectivity index (χ0) is 18.4. The molecule has 0 unspecified atom stereocenters. The predicted octanol–water partition coefficient (Wildman–Crippen LogP) is 4.38. The third-order valence-electron chi connectivity index (χ3n) is 5.77. The maximum absolute atomic E-state index is 13.5. The Hall–Kier alpha value is -1.46. The molecule has 0 radical (unpaired) electrons. The lowest BCUT2D eigenvalue weighted by molar-refractivity contribution is 0.0506. The monoisotopic (exact) mass is 396 g/mol. The molecule has 1 aliphatic heterocycles. The van der Waals surface area contributed by atoms with E-state index in [1.165, 1.54) is 4.90 Å². The van der Waals surface area contributed by atoms with Gasteiger partial charge in [0.25, 0.3) is 5.91 Å². The van der Waals surface area contributed by atoms with Gasteiger partial charge in [-0.2, -0.15) is 0 Å². The van der Waals surface area contributed by atoms with Crippen molar-refractivity contribution < 1.29 is 14.7 Å². The predicted molar refractivity (Wildman–Crippen MR) is 99.9 cm³/mol. The molecule has 2 aliphatic carbocycles. The highest BCUT2D eigenvalue weighted by molar-refractivity contribution is 6.43. The summed E-state index contributed by atoms with van der Waals surface area (Å²) in [5.41, 5.74) is 0.416. The second kappa shape index (κ2) is 6.93. The molecule has 7 heteroatoms. The molecule has 26 heavy (non-hydrogen) atoms. The van der Waals surface area contributed by atoms with Crippen LogP contribution in [0.1, 0.15) is 42.5 Å². The zero-order valence-electron chi connectivity index (χ0n) is 14.4. The summed E-state index contributed by atoms with van der Waals surface area (Å²) in [7, 11) is 0. The van der Waals surface area contributed by atoms with Gasteiger partial charge in [0.1, 0.15) is 0 Å². The molecule has 1 aromatic rings. The molecule has 1 heterocycles. The Morgan fingerprint density at radius 3 is 2.31 bits per heavy atom. The number of carbonyl (C=O) groups is 2. The van der Waals surface area contributed by atoms with Crippen LogP contribution in [0.3, 0.4) is 0 Å². The van der Waals surface area contributed by atoms with Gasteiger partial charge in [0, 0.05) is 19.1 Å². The topological polar surface area (TPSA) is 60.9 Å². The number of benzene rings is 1. The van der Waals surface area contributed by atoms with Crippen LogP contribution < -0.4 is 0 Å². The van der Waals surface area contributed by atoms with Crippen molar-refractivity contribution in [3.05, 3.63) is 33.8 Å². The quantitative estimate of drug-likeness (QED) is 0.803. The van der Waals surface area contributed by atoms with Gasteiger partial charge in [0.2, 0.25) is 0 Å². The lowest BCUT2D eigenvalue weighted by atomic mass is 10.00. The number of halogens is 2. The third kappa shape index (κ3) is 3.39. The maximum Gasteiger partial charge on any atom is 0.407 e. The van der Waals surface area contributed by atoms with Gasteiger partial charge in [0.15, 0.2) is 0 Å². The number of nitrogens with zero attached hydrogens (tertiary/aromatic N) is 2. The molecule has 2 saturated carbocycles. The molecule has 0 bridgehead atoms. The molecule has 3 aliphatic rings. The van der Waals surface area contributed by atoms with Crippen LogP contribution >= 0.6 is 23.2 Å². The molecule has 3 fully saturated rings. The number of carboxylic acid groups (broad SMARTS) is 1. The molecule has 1 N–H and O–H groups in total. The van der Waals surface area contributed by atoms with Gasteiger partial charge in [-0.1, -0.05) is 29.3 Å². The van der Waals surface area contributed by atoms with E-state index in [1.807, 2.05) is 4.90 Å². The van der Waals surface area contributed by atoms with Gasteiger partial charge >= 0.3 is 6.09 Å². The fraction of sp³-hybridized carbons (Fsp3) is 0.579. The minimum Gasteiger partial charge on any atom is -0.465 e. The second-order valence-corrected chi connectivity index (χ2v) is 8.44. The van der Waals surface area contributed by atoms with Crippen LogP contribution in [0.4, 0.5) is 4.79 Å². The summed E-state index contributed by atoms with van der Waals surface area (Å²) in [5.74, 6) is 0.949. The molecule has 1 atom stereocenters. The Morgan fingerprint density at radius 1 is 1.12 bits per heavy atom. The summed E-state index contributed by atoms with van der Waals surface area (Å²) in [6.45, 7) is 0.838. The number of amides is 2. The number of hydrogen-bond donors (Lipinski definition) is 1. The van der Waals surface area contributed by atoms with Crippen LogP contribution in [0.15, 0.2) is 18.2 Å². The molecule has 5 nitrogen and oxygen atoms in total. The van der Waals surface area contributed by atoms with Crippen molar-refractivity contribution in [3.8, 4) is 0 Å². The van der Waals surface area contributed by atoms with Crippen LogP contribution in [-0.2, 0) is 0 Å². The van der Waals surface area contributed by atoms with Crippen molar-refractivity contribution in [2.75, 3.05) is 13.1 Å². The molecule has 4 rings (SSSR count). The molecular formula is C19H22Cl2N2O3. The lowest BCUT2D eigenvalue weighted by Crippen LogP contribution is -2.50. The summed E-state index contributed by atoms with van der Waals surface area (Å²) in [6.07, 6.45) is 4.32. The van der Waals surface area contributed by atoms with E-state index in [2.05, 4.69) is 0 Å². The summed E-state index contributed by atoms with van der Waals surface area (Å²) in [5, 5.41) is 9.96. The summed E-state index contributed by atoms with van der Waals surface area (Å²) >= 11 is 12.5. The van der Waals surface area contributed by atoms with Gasteiger partial charge in [0.05, 0.1) is 21.7 Å². The van der Waals surface area contributed by atoms with Crippen molar-refractivity contribution in [3.63, 3.8) is 0 Å². The van der Waals surface area contributed by atoms with Crippen LogP contribution in [0.2, 0.25) is 10.0 Å². The molecular weight excluding hydrogens is 375 g/mol. The Bertz CT molecular complexity index is 721. The first-order chi connectivity index (χ1) is 12.5. The van der Waals surface area contributed by atoms with E-state index in [9.17, 15) is 14.7 Å². The van der Waals surface area contributed by atoms with Crippen LogP contribution in [0.5, 0.6) is 0 Å². The molecule has 1 saturated heterocycles. The second-order valence-electron chi connectivity index (χ2n) is 7.65. The fourth-order valence-corrected chi connectivity index (χ4v) is 4.59. The molecule has 2 amide bonds. The van der Waals surface area contributed by atoms with Gasteiger partial charge in [-0.05, 0) is 56.1 Å². The number of likely N-dealkylation sites (tertiary alicyclic amines) is 1. The van der Waals surface area contributed by atoms with E-state index in [-0.39, 0.29) is 23.0 Å². The highest BCUT2D eigenvalue weighted by atomic mass is 35.5. The van der Waals surface area contributed by atoms with Gasteiger partial charge in [-0.15, -0.1) is 0 Å². The number of hydrogen-bond acceptors (Lipinski definition) is 2. The van der Waals surface area contributed by atoms with Crippen LogP contribution in [-0.4, -0.2) is 52.1 Å². The van der Waals surface area contributed by atoms with E-state index in [0.29, 0.717) is 41.9 Å². The largest absolute Gasteiger partial charge is 0.465 e. The Labute approximate surface area is 162 Å². The standard InChI is InChI=1S/C19H22Cl2N2O3/c20-15-3-1-2-14(16(15)21)18(24)23(13-8-9-22(10-13)19(25)26)17(11-4-5-11)12-6-7-12/h1-3,11-13,17H,4-10H2,(H,25,26)/t13-/m0/s1. The van der Waals surface area contributed by atoms with Crippen LogP contribution in [0, 0.1) is 11.8 Å². The minimum atomic E-state index is -0.921. The average molecular weight is 397 g/mol. The molecule has 140 valence electrons. The fourth-order valence-electron chi connectivity index (χ4n) is 4.21. The maximum atomic E-state index is 13.5. The van der Waals surface area contributed by atoms with Crippen molar-refractivity contribution in [2.45, 2.75) is 44.2 Å². The summed E-state index contributed by atoms with van der Waals surface area (Å²) < 4.78 is 0. The minimum absolute atomic E-state index is 0.0974. The average Bonchev–Trinajstić information content (AvgIpc) is 3.54. The van der Waals surface area contributed by atoms with Gasteiger partial charge < -0.3 is 14.9 Å². The lowest BCUT2D eigenvalue weighted by Gasteiger charge is -2.37. The van der Waals surface area contributed by atoms with E-state index >= 15 is 0 Å². The van der Waals surface area contributed by atoms with E-state index < -0.39 is 6.09 Å². The summed E-state index contributed by atoms with van der Waals surface area (Å²) in [4.78, 5) is 28.2. The zero-order valence-corrected chi connectivity index (χ0v) is 15.9. The Morgan fingerprint density at radius 2 is 1.77 bits per heavy atom. The van der Waals surface area contributed by atoms with E-state index in [0.717, 1.165) is 25.7 Å². The normalized spacial score (nSPS) is 22.7. The first kappa shape index (κ1) is 17.9. The highest BCUT2D eigenvalue weighted by Gasteiger charge is 2.49. The van der Waals surface area contributed by atoms with Crippen molar-refractivity contribution >= 4 is 35.2 Å². The van der Waals surface area contributed by atoms with Crippen molar-refractivity contribution in [2.24, 2.45) is 11.8 Å². The molecule has 0 aromatic heterocycles. The van der Waals surface area contributed by atoms with Crippen LogP contribution in [0.25, 0.3) is 0 Å². The number of rotatable bonds is 5.